The third kappa shape index (κ3) is 3.91. The molecular formula is C15H29NO3. The van der Waals surface area contributed by atoms with E-state index in [1.165, 1.54) is 0 Å². The van der Waals surface area contributed by atoms with Crippen LogP contribution in [-0.2, 0) is 9.47 Å². The third-order valence-corrected chi connectivity index (χ3v) is 4.58. The lowest BCUT2D eigenvalue weighted by atomic mass is 9.83. The zero-order chi connectivity index (χ0) is 13.7. The zero-order valence-corrected chi connectivity index (χ0v) is 12.4. The fourth-order valence-electron chi connectivity index (χ4n) is 3.49. The Morgan fingerprint density at radius 3 is 2.63 bits per heavy atom. The molecule has 0 amide bonds. The number of nitrogens with zero attached hydrogens (tertiary/aromatic N) is 1. The fraction of sp³-hybridized carbons (Fsp3) is 1.00. The molecule has 0 bridgehead atoms. The lowest BCUT2D eigenvalue weighted by Gasteiger charge is -2.47. The maximum Gasteiger partial charge on any atom is 0.0741 e. The number of ether oxygens (including phenoxy) is 2. The Morgan fingerprint density at radius 1 is 1.26 bits per heavy atom. The Hall–Kier alpha value is -0.160. The first-order valence-electron chi connectivity index (χ1n) is 7.75. The first-order chi connectivity index (χ1) is 9.17. The van der Waals surface area contributed by atoms with Crippen LogP contribution in [-0.4, -0.2) is 60.7 Å². The van der Waals surface area contributed by atoms with Crippen molar-refractivity contribution >= 4 is 0 Å². The van der Waals surface area contributed by atoms with Gasteiger partial charge in [0.1, 0.15) is 0 Å². The van der Waals surface area contributed by atoms with Gasteiger partial charge in [0.15, 0.2) is 0 Å². The molecular weight excluding hydrogens is 242 g/mol. The van der Waals surface area contributed by atoms with E-state index in [0.29, 0.717) is 12.1 Å². The van der Waals surface area contributed by atoms with Crippen molar-refractivity contribution in [2.24, 2.45) is 0 Å². The van der Waals surface area contributed by atoms with E-state index in [4.69, 9.17) is 14.6 Å². The number of aliphatic hydroxyl groups excluding tert-OH is 1. The van der Waals surface area contributed by atoms with Crippen molar-refractivity contribution in [1.82, 2.24) is 4.90 Å². The summed E-state index contributed by atoms with van der Waals surface area (Å²) in [6, 6.07) is 1.13. The molecule has 0 aromatic heterocycles. The number of aliphatic hydroxyl groups is 1. The van der Waals surface area contributed by atoms with Gasteiger partial charge in [0.25, 0.3) is 0 Å². The van der Waals surface area contributed by atoms with Crippen LogP contribution in [0.15, 0.2) is 0 Å². The Labute approximate surface area is 117 Å². The summed E-state index contributed by atoms with van der Waals surface area (Å²) in [4.78, 5) is 2.55. The summed E-state index contributed by atoms with van der Waals surface area (Å²) in [7, 11) is 0. The van der Waals surface area contributed by atoms with Crippen LogP contribution in [0.3, 0.4) is 0 Å². The molecule has 2 rings (SSSR count). The molecule has 1 N–H and O–H groups in total. The Morgan fingerprint density at radius 2 is 2.00 bits per heavy atom. The zero-order valence-electron chi connectivity index (χ0n) is 12.4. The van der Waals surface area contributed by atoms with Gasteiger partial charge in [-0.25, -0.2) is 0 Å². The summed E-state index contributed by atoms with van der Waals surface area (Å²) in [5.41, 5.74) is 0.0630. The molecule has 2 heterocycles. The molecule has 2 aliphatic rings. The maximum atomic E-state index is 9.07. The van der Waals surface area contributed by atoms with E-state index < -0.39 is 0 Å². The fourth-order valence-corrected chi connectivity index (χ4v) is 3.49. The highest BCUT2D eigenvalue weighted by atomic mass is 16.5. The normalized spacial score (nSPS) is 27.3. The summed E-state index contributed by atoms with van der Waals surface area (Å²) in [5, 5.41) is 9.07. The van der Waals surface area contributed by atoms with Crippen LogP contribution in [0.5, 0.6) is 0 Å². The molecule has 2 aliphatic heterocycles. The van der Waals surface area contributed by atoms with E-state index in [1.54, 1.807) is 0 Å². The van der Waals surface area contributed by atoms with Gasteiger partial charge in [0.2, 0.25) is 0 Å². The molecule has 0 aliphatic carbocycles. The quantitative estimate of drug-likeness (QED) is 0.828. The molecule has 0 saturated carbocycles. The average molecular weight is 271 g/mol. The predicted molar refractivity (Wildman–Crippen MR) is 75.3 cm³/mol. The van der Waals surface area contributed by atoms with Gasteiger partial charge in [-0.05, 0) is 46.0 Å². The minimum absolute atomic E-state index is 0.0630. The van der Waals surface area contributed by atoms with Crippen molar-refractivity contribution in [2.75, 3.05) is 33.0 Å². The van der Waals surface area contributed by atoms with Gasteiger partial charge in [-0.1, -0.05) is 0 Å². The average Bonchev–Trinajstić information content (AvgIpc) is 2.40. The van der Waals surface area contributed by atoms with Crippen molar-refractivity contribution in [1.29, 1.82) is 0 Å². The molecule has 4 heteroatoms. The van der Waals surface area contributed by atoms with E-state index in [2.05, 4.69) is 18.7 Å². The van der Waals surface area contributed by atoms with Gasteiger partial charge < -0.3 is 14.6 Å². The van der Waals surface area contributed by atoms with Crippen LogP contribution in [0.4, 0.5) is 0 Å². The standard InChI is InChI=1S/C15H29NO3/c1-13(2)16(7-3-8-17)14-4-9-19-15(12-14)5-10-18-11-6-15/h13-14,17H,3-12H2,1-2H3. The second-order valence-electron chi connectivity index (χ2n) is 6.20. The molecule has 0 aromatic carbocycles. The molecule has 4 nitrogen and oxygen atoms in total. The number of hydrogen-bond acceptors (Lipinski definition) is 4. The molecule has 0 aromatic rings. The van der Waals surface area contributed by atoms with Crippen LogP contribution in [0.25, 0.3) is 0 Å². The SMILES string of the molecule is CC(C)N(CCCO)C1CCOC2(CCOCC2)C1. The van der Waals surface area contributed by atoms with Gasteiger partial charge in [-0.2, -0.15) is 0 Å². The monoisotopic (exact) mass is 271 g/mol. The minimum Gasteiger partial charge on any atom is -0.396 e. The van der Waals surface area contributed by atoms with Crippen LogP contribution in [0, 0.1) is 0 Å². The van der Waals surface area contributed by atoms with Gasteiger partial charge >= 0.3 is 0 Å². The lowest BCUT2D eigenvalue weighted by molar-refractivity contribution is -0.153. The van der Waals surface area contributed by atoms with Crippen LogP contribution < -0.4 is 0 Å². The van der Waals surface area contributed by atoms with Gasteiger partial charge in [-0.15, -0.1) is 0 Å². The van der Waals surface area contributed by atoms with E-state index in [9.17, 15) is 0 Å². The second-order valence-corrected chi connectivity index (χ2v) is 6.20. The summed E-state index contributed by atoms with van der Waals surface area (Å²) >= 11 is 0. The molecule has 0 radical (unpaired) electrons. The second kappa shape index (κ2) is 7.02. The summed E-state index contributed by atoms with van der Waals surface area (Å²) in [5.74, 6) is 0. The molecule has 2 saturated heterocycles. The van der Waals surface area contributed by atoms with Crippen molar-refractivity contribution in [2.45, 2.75) is 63.6 Å². The Bertz CT molecular complexity index is 259. The van der Waals surface area contributed by atoms with Crippen LogP contribution >= 0.6 is 0 Å². The molecule has 112 valence electrons. The third-order valence-electron chi connectivity index (χ3n) is 4.58. The molecule has 2 fully saturated rings. The first kappa shape index (κ1) is 15.2. The largest absolute Gasteiger partial charge is 0.396 e. The first-order valence-corrected chi connectivity index (χ1v) is 7.75. The van der Waals surface area contributed by atoms with Crippen molar-refractivity contribution < 1.29 is 14.6 Å². The van der Waals surface area contributed by atoms with Crippen molar-refractivity contribution in [3.63, 3.8) is 0 Å². The van der Waals surface area contributed by atoms with Gasteiger partial charge in [0.05, 0.1) is 5.60 Å². The highest BCUT2D eigenvalue weighted by Gasteiger charge is 2.40. The number of rotatable bonds is 5. The van der Waals surface area contributed by atoms with Crippen molar-refractivity contribution in [3.8, 4) is 0 Å². The minimum atomic E-state index is 0.0630. The maximum absolute atomic E-state index is 9.07. The predicted octanol–water partition coefficient (Wildman–Crippen LogP) is 1.81. The number of hydrogen-bond donors (Lipinski definition) is 1. The van der Waals surface area contributed by atoms with E-state index in [0.717, 1.165) is 58.5 Å². The molecule has 1 spiro atoms. The molecule has 1 atom stereocenters. The highest BCUT2D eigenvalue weighted by Crippen LogP contribution is 2.36. The van der Waals surface area contributed by atoms with Crippen LogP contribution in [0.2, 0.25) is 0 Å². The van der Waals surface area contributed by atoms with E-state index >= 15 is 0 Å². The summed E-state index contributed by atoms with van der Waals surface area (Å²) in [6.45, 7) is 8.33. The Kier molecular flexibility index (Phi) is 5.63. The van der Waals surface area contributed by atoms with Gasteiger partial charge in [-0.3, -0.25) is 4.90 Å². The lowest BCUT2D eigenvalue weighted by Crippen LogP contribution is -2.52. The Balaban J connectivity index is 1.97. The van der Waals surface area contributed by atoms with Gasteiger partial charge in [0, 0.05) is 45.1 Å². The van der Waals surface area contributed by atoms with E-state index in [1.807, 2.05) is 0 Å². The smallest absolute Gasteiger partial charge is 0.0741 e. The molecule has 19 heavy (non-hydrogen) atoms. The molecule has 1 unspecified atom stereocenters. The topological polar surface area (TPSA) is 41.9 Å². The van der Waals surface area contributed by atoms with Crippen molar-refractivity contribution in [3.05, 3.63) is 0 Å². The summed E-state index contributed by atoms with van der Waals surface area (Å²) in [6.07, 6.45) is 5.18. The van der Waals surface area contributed by atoms with Crippen LogP contribution in [0.1, 0.15) is 46.0 Å². The highest BCUT2D eigenvalue weighted by molar-refractivity contribution is 4.93. The van der Waals surface area contributed by atoms with E-state index in [-0.39, 0.29) is 12.2 Å². The summed E-state index contributed by atoms with van der Waals surface area (Å²) < 4.78 is 11.6.